The van der Waals surface area contributed by atoms with E-state index in [-0.39, 0.29) is 30.7 Å². The van der Waals surface area contributed by atoms with Crippen LogP contribution in [-0.2, 0) is 22.7 Å². The van der Waals surface area contributed by atoms with Crippen molar-refractivity contribution in [1.82, 2.24) is 9.55 Å². The van der Waals surface area contributed by atoms with Gasteiger partial charge in [0.05, 0.1) is 17.6 Å². The number of hydrogen-bond acceptors (Lipinski definition) is 4. The minimum absolute atomic E-state index is 0.00501. The molecule has 2 amide bonds. The molecule has 0 radical (unpaired) electrons. The van der Waals surface area contributed by atoms with Gasteiger partial charge in [0.2, 0.25) is 17.6 Å². The second-order valence-corrected chi connectivity index (χ2v) is 8.20. The van der Waals surface area contributed by atoms with Crippen molar-refractivity contribution < 1.29 is 9.59 Å². The smallest absolute Gasteiger partial charge is 0.294 e. The third kappa shape index (κ3) is 4.73. The molecule has 0 aliphatic heterocycles. The van der Waals surface area contributed by atoms with Gasteiger partial charge in [0.25, 0.3) is 5.56 Å². The van der Waals surface area contributed by atoms with Gasteiger partial charge in [-0.25, -0.2) is 4.98 Å². The molecule has 0 saturated carbocycles. The number of anilines is 2. The van der Waals surface area contributed by atoms with E-state index in [1.807, 2.05) is 62.4 Å². The van der Waals surface area contributed by atoms with Gasteiger partial charge in [-0.1, -0.05) is 54.6 Å². The maximum absolute atomic E-state index is 13.6. The van der Waals surface area contributed by atoms with Gasteiger partial charge in [-0.15, -0.1) is 0 Å². The van der Waals surface area contributed by atoms with Crippen LogP contribution in [0.5, 0.6) is 0 Å². The summed E-state index contributed by atoms with van der Waals surface area (Å²) >= 11 is 0. The number of carbonyl (C=O) groups is 2. The Morgan fingerprint density at radius 3 is 2.38 bits per heavy atom. The number of hydrogen-bond donors (Lipinski definition) is 1. The summed E-state index contributed by atoms with van der Waals surface area (Å²) < 4.78 is 1.37. The van der Waals surface area contributed by atoms with Crippen LogP contribution >= 0.6 is 0 Å². The van der Waals surface area contributed by atoms with Crippen molar-refractivity contribution in [1.29, 1.82) is 0 Å². The van der Waals surface area contributed by atoms with Gasteiger partial charge in [0.15, 0.2) is 0 Å². The zero-order chi connectivity index (χ0) is 24.2. The summed E-state index contributed by atoms with van der Waals surface area (Å²) in [5.41, 5.74) is 4.14. The standard InChI is InChI=1S/C27H26N4O3/c1-18-10-9-14-22(19(18)2)28-25(33)17-31-24-15-8-7-13-23(24)29-26(27(31)34)30(20(3)32)16-21-11-5-4-6-12-21/h4-15H,16-17H2,1-3H3,(H,28,33). The average molecular weight is 455 g/mol. The number of carbonyl (C=O) groups excluding carboxylic acids is 2. The monoisotopic (exact) mass is 454 g/mol. The SMILES string of the molecule is CC(=O)N(Cc1ccccc1)c1nc2ccccc2n(CC(=O)Nc2cccc(C)c2C)c1=O. The van der Waals surface area contributed by atoms with Crippen LogP contribution in [-0.4, -0.2) is 21.4 Å². The average Bonchev–Trinajstić information content (AvgIpc) is 2.83. The predicted molar refractivity (Wildman–Crippen MR) is 134 cm³/mol. The molecule has 3 aromatic carbocycles. The summed E-state index contributed by atoms with van der Waals surface area (Å²) in [6.45, 7) is 5.30. The lowest BCUT2D eigenvalue weighted by Gasteiger charge is -2.21. The van der Waals surface area contributed by atoms with Crippen molar-refractivity contribution in [3.05, 3.63) is 99.8 Å². The molecule has 0 fully saturated rings. The van der Waals surface area contributed by atoms with E-state index in [2.05, 4.69) is 10.3 Å². The van der Waals surface area contributed by atoms with Gasteiger partial charge in [-0.05, 0) is 48.7 Å². The molecule has 1 heterocycles. The molecule has 4 rings (SSSR count). The van der Waals surface area contributed by atoms with Crippen molar-refractivity contribution in [2.75, 3.05) is 10.2 Å². The van der Waals surface area contributed by atoms with Gasteiger partial charge in [-0.2, -0.15) is 0 Å². The molecule has 4 aromatic rings. The van der Waals surface area contributed by atoms with E-state index in [1.165, 1.54) is 16.4 Å². The first-order valence-electron chi connectivity index (χ1n) is 11.0. The highest BCUT2D eigenvalue weighted by Gasteiger charge is 2.22. The predicted octanol–water partition coefficient (Wildman–Crippen LogP) is 4.21. The number of fused-ring (bicyclic) bond motifs is 1. The van der Waals surface area contributed by atoms with Crippen LogP contribution in [0.3, 0.4) is 0 Å². The number of nitrogens with zero attached hydrogens (tertiary/aromatic N) is 3. The second kappa shape index (κ2) is 9.70. The fourth-order valence-corrected chi connectivity index (χ4v) is 3.83. The Balaban J connectivity index is 1.75. The van der Waals surface area contributed by atoms with E-state index < -0.39 is 5.56 Å². The zero-order valence-corrected chi connectivity index (χ0v) is 19.4. The van der Waals surface area contributed by atoms with Crippen LogP contribution < -0.4 is 15.8 Å². The molecule has 0 aliphatic rings. The van der Waals surface area contributed by atoms with Crippen molar-refractivity contribution in [2.45, 2.75) is 33.9 Å². The molecule has 7 heteroatoms. The molecular weight excluding hydrogens is 428 g/mol. The minimum atomic E-state index is -0.499. The van der Waals surface area contributed by atoms with Gasteiger partial charge in [0, 0.05) is 12.6 Å². The van der Waals surface area contributed by atoms with Gasteiger partial charge >= 0.3 is 0 Å². The minimum Gasteiger partial charge on any atom is -0.324 e. The summed E-state index contributed by atoms with van der Waals surface area (Å²) in [5.74, 6) is -0.653. The fourth-order valence-electron chi connectivity index (χ4n) is 3.83. The molecule has 0 bridgehead atoms. The third-order valence-electron chi connectivity index (χ3n) is 5.84. The Morgan fingerprint density at radius 2 is 1.65 bits per heavy atom. The van der Waals surface area contributed by atoms with Crippen molar-refractivity contribution in [3.63, 3.8) is 0 Å². The summed E-state index contributed by atoms with van der Waals surface area (Å²) in [4.78, 5) is 44.9. The molecule has 1 N–H and O–H groups in total. The number of aromatic nitrogens is 2. The van der Waals surface area contributed by atoms with Crippen molar-refractivity contribution >= 4 is 34.4 Å². The molecule has 172 valence electrons. The maximum Gasteiger partial charge on any atom is 0.294 e. The van der Waals surface area contributed by atoms with Gasteiger partial charge in [0.1, 0.15) is 6.54 Å². The van der Waals surface area contributed by atoms with E-state index in [9.17, 15) is 14.4 Å². The quantitative estimate of drug-likeness (QED) is 0.473. The number of amides is 2. The van der Waals surface area contributed by atoms with Crippen molar-refractivity contribution in [3.8, 4) is 0 Å². The Hall–Kier alpha value is -4.26. The molecule has 0 unspecified atom stereocenters. The van der Waals surface area contributed by atoms with E-state index in [1.54, 1.807) is 24.3 Å². The first-order valence-corrected chi connectivity index (χ1v) is 11.0. The highest BCUT2D eigenvalue weighted by molar-refractivity contribution is 5.94. The zero-order valence-electron chi connectivity index (χ0n) is 19.4. The van der Waals surface area contributed by atoms with Crippen LogP contribution in [0, 0.1) is 13.8 Å². The normalized spacial score (nSPS) is 10.8. The number of benzene rings is 3. The summed E-state index contributed by atoms with van der Waals surface area (Å²) in [6, 6.07) is 22.2. The van der Waals surface area contributed by atoms with E-state index in [0.29, 0.717) is 16.7 Å². The molecular formula is C27H26N4O3. The van der Waals surface area contributed by atoms with Crippen molar-refractivity contribution in [2.24, 2.45) is 0 Å². The lowest BCUT2D eigenvalue weighted by Crippen LogP contribution is -2.38. The molecule has 0 spiro atoms. The highest BCUT2D eigenvalue weighted by Crippen LogP contribution is 2.19. The first kappa shape index (κ1) is 22.9. The lowest BCUT2D eigenvalue weighted by atomic mass is 10.1. The number of aryl methyl sites for hydroxylation is 1. The highest BCUT2D eigenvalue weighted by atomic mass is 16.2. The second-order valence-electron chi connectivity index (χ2n) is 8.20. The lowest BCUT2D eigenvalue weighted by molar-refractivity contribution is -0.117. The Kier molecular flexibility index (Phi) is 6.54. The molecule has 0 saturated heterocycles. The number of para-hydroxylation sites is 2. The first-order chi connectivity index (χ1) is 16.3. The summed E-state index contributed by atoms with van der Waals surface area (Å²) in [5, 5.41) is 2.90. The molecule has 0 aliphatic carbocycles. The van der Waals surface area contributed by atoms with Gasteiger partial charge < -0.3 is 5.32 Å². The Bertz CT molecular complexity index is 1430. The maximum atomic E-state index is 13.6. The fraction of sp³-hybridized carbons (Fsp3) is 0.185. The Morgan fingerprint density at radius 1 is 0.941 bits per heavy atom. The molecule has 7 nitrogen and oxygen atoms in total. The molecule has 0 atom stereocenters. The summed E-state index contributed by atoms with van der Waals surface area (Å²) in [7, 11) is 0. The van der Waals surface area contributed by atoms with Gasteiger partial charge in [-0.3, -0.25) is 23.9 Å². The van der Waals surface area contributed by atoms with Crippen LogP contribution in [0.25, 0.3) is 11.0 Å². The van der Waals surface area contributed by atoms with Crippen LogP contribution in [0.15, 0.2) is 77.6 Å². The Labute approximate surface area is 197 Å². The number of rotatable bonds is 6. The number of nitrogens with one attached hydrogen (secondary N) is 1. The topological polar surface area (TPSA) is 84.3 Å². The van der Waals surface area contributed by atoms with E-state index in [4.69, 9.17) is 0 Å². The van der Waals surface area contributed by atoms with E-state index in [0.717, 1.165) is 16.7 Å². The third-order valence-corrected chi connectivity index (χ3v) is 5.84. The van der Waals surface area contributed by atoms with E-state index >= 15 is 0 Å². The van der Waals surface area contributed by atoms with Crippen LogP contribution in [0.2, 0.25) is 0 Å². The summed E-state index contributed by atoms with van der Waals surface area (Å²) in [6.07, 6.45) is 0. The molecule has 1 aromatic heterocycles. The largest absolute Gasteiger partial charge is 0.324 e. The van der Waals surface area contributed by atoms with Crippen LogP contribution in [0.1, 0.15) is 23.6 Å². The molecule has 34 heavy (non-hydrogen) atoms. The van der Waals surface area contributed by atoms with Crippen LogP contribution in [0.4, 0.5) is 11.5 Å².